The first-order valence-corrected chi connectivity index (χ1v) is 9.60. The van der Waals surface area contributed by atoms with Crippen molar-refractivity contribution in [2.24, 2.45) is 0 Å². The van der Waals surface area contributed by atoms with Gasteiger partial charge in [-0.2, -0.15) is 0 Å². The number of hydrogen-bond acceptors (Lipinski definition) is 6. The molecule has 3 heterocycles. The largest absolute Gasteiger partial charge is 0.547 e. The van der Waals surface area contributed by atoms with E-state index in [4.69, 9.17) is 4.65 Å². The fourth-order valence-electron chi connectivity index (χ4n) is 3.61. The van der Waals surface area contributed by atoms with Crippen molar-refractivity contribution in [2.45, 2.75) is 25.3 Å². The van der Waals surface area contributed by atoms with Crippen LogP contribution in [-0.2, 0) is 19.4 Å². The number of likely N-dealkylation sites (N-methyl/N-ethyl adjacent to an activating group) is 1. The molecule has 0 bridgehead atoms. The number of carbonyl (C=O) groups excluding carboxylic acids is 1. The molecule has 0 radical (unpaired) electrons. The van der Waals surface area contributed by atoms with Gasteiger partial charge in [0, 0.05) is 23.3 Å². The van der Waals surface area contributed by atoms with Crippen LogP contribution in [0.25, 0.3) is 0 Å². The number of carbonyl (C=O) groups is 2. The summed E-state index contributed by atoms with van der Waals surface area (Å²) in [5.41, 5.74) is 2.39. The molecule has 140 valence electrons. The van der Waals surface area contributed by atoms with Gasteiger partial charge in [0.1, 0.15) is 5.75 Å². The van der Waals surface area contributed by atoms with E-state index in [0.29, 0.717) is 17.5 Å². The van der Waals surface area contributed by atoms with Gasteiger partial charge in [-0.15, -0.1) is 11.3 Å². The molecule has 0 spiro atoms. The van der Waals surface area contributed by atoms with Gasteiger partial charge in [-0.3, -0.25) is 4.79 Å². The average Bonchev–Trinajstić information content (AvgIpc) is 3.04. The number of thiophene rings is 1. The van der Waals surface area contributed by atoms with Crippen LogP contribution in [0.15, 0.2) is 23.6 Å². The maximum absolute atomic E-state index is 12.8. The number of aromatic carboxylic acids is 1. The quantitative estimate of drug-likeness (QED) is 0.686. The van der Waals surface area contributed by atoms with Crippen LogP contribution in [0.5, 0.6) is 5.75 Å². The first-order valence-electron chi connectivity index (χ1n) is 8.72. The Morgan fingerprint density at radius 1 is 1.37 bits per heavy atom. The number of hydrogen-bond donors (Lipinski definition) is 3. The molecule has 4 rings (SSSR count). The maximum Gasteiger partial charge on any atom is 0.547 e. The highest BCUT2D eigenvalue weighted by molar-refractivity contribution is 7.10. The summed E-state index contributed by atoms with van der Waals surface area (Å²) in [4.78, 5) is 27.5. The van der Waals surface area contributed by atoms with Gasteiger partial charge < -0.3 is 25.0 Å². The molecular weight excluding hydrogens is 367 g/mol. The molecule has 1 amide bonds. The third kappa shape index (κ3) is 3.33. The molecule has 27 heavy (non-hydrogen) atoms. The second-order valence-electron chi connectivity index (χ2n) is 6.93. The van der Waals surface area contributed by atoms with Crippen LogP contribution in [0.1, 0.15) is 36.7 Å². The Bertz CT molecular complexity index is 915. The smallest absolute Gasteiger partial charge is 0.534 e. The Balaban J connectivity index is 1.53. The maximum atomic E-state index is 12.8. The minimum Gasteiger partial charge on any atom is -0.534 e. The highest BCUT2D eigenvalue weighted by atomic mass is 32.1. The van der Waals surface area contributed by atoms with Crippen molar-refractivity contribution in [3.63, 3.8) is 0 Å². The van der Waals surface area contributed by atoms with Crippen molar-refractivity contribution < 1.29 is 24.4 Å². The standard InChI is InChI=1S/C18H19BN2O5S/c1-21-6-5-11-13(9-27-14(11)8-21)17(22)20-15-7-10-3-2-4-12(18(23)24)16(10)26-19(15)25/h2-4,9,15,25H,5-8H2,1H3,(H,20,22)(H,23,24). The molecule has 2 aromatic rings. The summed E-state index contributed by atoms with van der Waals surface area (Å²) in [5, 5.41) is 24.3. The minimum atomic E-state index is -1.30. The van der Waals surface area contributed by atoms with Crippen molar-refractivity contribution in [1.82, 2.24) is 10.2 Å². The van der Waals surface area contributed by atoms with Gasteiger partial charge in [0.25, 0.3) is 5.91 Å². The molecule has 7 nitrogen and oxygen atoms in total. The van der Waals surface area contributed by atoms with Gasteiger partial charge in [0.05, 0.1) is 17.1 Å². The normalized spacial score (nSPS) is 19.0. The number of para-hydroxylation sites is 1. The van der Waals surface area contributed by atoms with E-state index in [2.05, 4.69) is 17.3 Å². The lowest BCUT2D eigenvalue weighted by Crippen LogP contribution is -2.53. The van der Waals surface area contributed by atoms with Gasteiger partial charge in [-0.1, -0.05) is 12.1 Å². The van der Waals surface area contributed by atoms with Crippen LogP contribution < -0.4 is 9.97 Å². The minimum absolute atomic E-state index is 0.00681. The Labute approximate surface area is 160 Å². The van der Waals surface area contributed by atoms with Crippen molar-refractivity contribution >= 4 is 30.3 Å². The monoisotopic (exact) mass is 386 g/mol. The number of carboxylic acids is 1. The van der Waals surface area contributed by atoms with E-state index in [-0.39, 0.29) is 17.2 Å². The first-order chi connectivity index (χ1) is 12.9. The predicted molar refractivity (Wildman–Crippen MR) is 101 cm³/mol. The number of benzene rings is 1. The van der Waals surface area contributed by atoms with Gasteiger partial charge >= 0.3 is 13.1 Å². The molecule has 0 saturated heterocycles. The van der Waals surface area contributed by atoms with E-state index in [9.17, 15) is 19.7 Å². The van der Waals surface area contributed by atoms with Crippen molar-refractivity contribution in [3.05, 3.63) is 50.7 Å². The van der Waals surface area contributed by atoms with Crippen molar-refractivity contribution in [3.8, 4) is 5.75 Å². The van der Waals surface area contributed by atoms with E-state index in [1.54, 1.807) is 23.5 Å². The molecule has 2 aliphatic rings. The highest BCUT2D eigenvalue weighted by Crippen LogP contribution is 2.31. The summed E-state index contributed by atoms with van der Waals surface area (Å²) in [6, 6.07) is 4.81. The van der Waals surface area contributed by atoms with Gasteiger partial charge in [0.15, 0.2) is 0 Å². The van der Waals surface area contributed by atoms with Crippen LogP contribution in [0.4, 0.5) is 0 Å². The predicted octanol–water partition coefficient (Wildman–Crippen LogP) is 1.19. The number of nitrogens with one attached hydrogen (secondary N) is 1. The molecule has 1 aromatic carbocycles. The van der Waals surface area contributed by atoms with Crippen LogP contribution in [0.3, 0.4) is 0 Å². The second kappa shape index (κ2) is 6.99. The van der Waals surface area contributed by atoms with Crippen LogP contribution >= 0.6 is 11.3 Å². The Morgan fingerprint density at radius 2 is 2.19 bits per heavy atom. The molecule has 0 aliphatic carbocycles. The molecular formula is C18H19BN2O5S. The number of fused-ring (bicyclic) bond motifs is 2. The molecule has 0 fully saturated rings. The van der Waals surface area contributed by atoms with Crippen LogP contribution in [0, 0.1) is 0 Å². The van der Waals surface area contributed by atoms with E-state index < -0.39 is 19.0 Å². The molecule has 0 saturated carbocycles. The Hall–Kier alpha value is -2.36. The fourth-order valence-corrected chi connectivity index (χ4v) is 4.77. The van der Waals surface area contributed by atoms with Crippen LogP contribution in [0.2, 0.25) is 0 Å². The summed E-state index contributed by atoms with van der Waals surface area (Å²) in [6.45, 7) is 1.75. The molecule has 9 heteroatoms. The lowest BCUT2D eigenvalue weighted by molar-refractivity contribution is 0.0693. The lowest BCUT2D eigenvalue weighted by atomic mass is 9.72. The van der Waals surface area contributed by atoms with Crippen LogP contribution in [-0.4, -0.2) is 53.6 Å². The number of carboxylic acid groups (broad SMARTS) is 1. The summed E-state index contributed by atoms with van der Waals surface area (Å²) < 4.78 is 5.44. The SMILES string of the molecule is CN1CCc2c(C(=O)NC3Cc4cccc(C(=O)O)c4OB3O)csc2C1. The second-order valence-corrected chi connectivity index (χ2v) is 7.89. The summed E-state index contributed by atoms with van der Waals surface area (Å²) >= 11 is 1.58. The molecule has 3 N–H and O–H groups in total. The highest BCUT2D eigenvalue weighted by Gasteiger charge is 2.38. The topological polar surface area (TPSA) is 99.1 Å². The van der Waals surface area contributed by atoms with Gasteiger partial charge in [-0.05, 0) is 37.1 Å². The fraction of sp³-hybridized carbons (Fsp3) is 0.333. The van der Waals surface area contributed by atoms with E-state index in [0.717, 1.165) is 25.1 Å². The average molecular weight is 386 g/mol. The zero-order valence-corrected chi connectivity index (χ0v) is 15.6. The molecule has 1 atom stereocenters. The Kier molecular flexibility index (Phi) is 4.67. The third-order valence-corrected chi connectivity index (χ3v) is 6.06. The van der Waals surface area contributed by atoms with E-state index in [1.165, 1.54) is 10.9 Å². The zero-order valence-electron chi connectivity index (χ0n) is 14.8. The number of nitrogens with zero attached hydrogens (tertiary/aromatic N) is 1. The molecule has 1 unspecified atom stereocenters. The molecule has 1 aromatic heterocycles. The van der Waals surface area contributed by atoms with Gasteiger partial charge in [-0.25, -0.2) is 4.79 Å². The zero-order chi connectivity index (χ0) is 19.1. The lowest BCUT2D eigenvalue weighted by Gasteiger charge is -2.29. The van der Waals surface area contributed by atoms with E-state index >= 15 is 0 Å². The summed E-state index contributed by atoms with van der Waals surface area (Å²) in [5.74, 6) is -1.83. The van der Waals surface area contributed by atoms with E-state index in [1.807, 2.05) is 5.38 Å². The summed E-state index contributed by atoms with van der Waals surface area (Å²) in [6.07, 6.45) is 1.13. The van der Waals surface area contributed by atoms with Crippen molar-refractivity contribution in [1.29, 1.82) is 0 Å². The number of amides is 1. The number of rotatable bonds is 3. The third-order valence-electron chi connectivity index (χ3n) is 5.05. The Morgan fingerprint density at radius 3 is 2.96 bits per heavy atom. The van der Waals surface area contributed by atoms with Gasteiger partial charge in [0.2, 0.25) is 0 Å². The summed E-state index contributed by atoms with van der Waals surface area (Å²) in [7, 11) is 0.753. The van der Waals surface area contributed by atoms with Crippen molar-refractivity contribution in [2.75, 3.05) is 13.6 Å². The first kappa shape index (κ1) is 18.0. The molecule has 2 aliphatic heterocycles.